The first-order chi connectivity index (χ1) is 38.6. The maximum absolute atomic E-state index is 7.89. The molecule has 0 unspecified atom stereocenters. The van der Waals surface area contributed by atoms with Crippen LogP contribution in [-0.2, 0) is 37.9 Å². The predicted octanol–water partition coefficient (Wildman–Crippen LogP) is 19.6. The average molecular weight is 1080 g/mol. The number of para-hydroxylation sites is 2. The molecule has 9 aromatic rings. The fraction of sp³-hybridized carbons (Fsp3) is 0.351. The first kappa shape index (κ1) is 54.0. The molecule has 0 saturated heterocycles. The molecule has 0 atom stereocenters. The molecule has 1 aromatic heterocycles. The van der Waals surface area contributed by atoms with Crippen LogP contribution < -0.4 is 31.3 Å². The van der Waals surface area contributed by atoms with E-state index in [2.05, 4.69) is 295 Å². The van der Waals surface area contributed by atoms with Crippen LogP contribution in [0.3, 0.4) is 0 Å². The number of fused-ring (bicyclic) bond motifs is 8. The zero-order valence-electron chi connectivity index (χ0n) is 51.8. The zero-order chi connectivity index (χ0) is 57.8. The fourth-order valence-electron chi connectivity index (χ4n) is 14.5. The summed E-state index contributed by atoms with van der Waals surface area (Å²) in [6.45, 7) is 38.3. The number of hydrogen-bond acceptors (Lipinski definition) is 4. The molecule has 5 heteroatoms. The average Bonchev–Trinajstić information content (AvgIpc) is 1.99. The Kier molecular flexibility index (Phi) is 12.1. The molecule has 2 aliphatic carbocycles. The van der Waals surface area contributed by atoms with E-state index in [-0.39, 0.29) is 44.6 Å². The molecule has 3 heterocycles. The number of benzene rings is 8. The van der Waals surface area contributed by atoms with Gasteiger partial charge in [-0.25, -0.2) is 0 Å². The van der Waals surface area contributed by atoms with Crippen molar-refractivity contribution in [1.29, 1.82) is 0 Å². The van der Waals surface area contributed by atoms with Crippen molar-refractivity contribution in [3.63, 3.8) is 0 Å². The zero-order valence-corrected chi connectivity index (χ0v) is 51.8. The summed E-state index contributed by atoms with van der Waals surface area (Å²) in [5.74, 6) is 0. The van der Waals surface area contributed by atoms with Gasteiger partial charge >= 0.3 is 0 Å². The molecule has 416 valence electrons. The van der Waals surface area contributed by atoms with Crippen LogP contribution in [0.1, 0.15) is 181 Å². The highest BCUT2D eigenvalue weighted by Gasteiger charge is 2.50. The van der Waals surface area contributed by atoms with Crippen LogP contribution in [0.25, 0.3) is 11.0 Å². The largest absolute Gasteiger partial charge is 0.468 e. The Morgan fingerprint density at radius 2 is 0.915 bits per heavy atom. The predicted molar refractivity (Wildman–Crippen MR) is 351 cm³/mol. The molecule has 0 bridgehead atoms. The highest BCUT2D eigenvalue weighted by Crippen LogP contribution is 2.55. The van der Waals surface area contributed by atoms with Crippen molar-refractivity contribution >= 4 is 85.5 Å². The van der Waals surface area contributed by atoms with Crippen molar-refractivity contribution < 1.29 is 4.42 Å². The standard InChI is InChI=1S/C77H84BN3O/c1-71(2,3)51-40-52(72(4,5)6)42-56(41-51)80-64-35-32-50(77(15,16)49-26-20-17-21-27-49)43-63(64)78-68-65(80)45-57(79(53-28-22-18-23-29-53)54-30-24-19-25-31-54)46-66(68)81(55-33-34-59-60(44-55)74(9,10)37-36-73(59,7)8)69-58-47-61-62(48-67(58)82-70(69)78)76(13,14)39-38-75(61,11)12/h17-35,40-48H,36-39H2,1-16H3. The van der Waals surface area contributed by atoms with Gasteiger partial charge < -0.3 is 19.1 Å². The monoisotopic (exact) mass is 1080 g/mol. The van der Waals surface area contributed by atoms with Crippen LogP contribution in [0.5, 0.6) is 0 Å². The lowest BCUT2D eigenvalue weighted by Gasteiger charge is -2.45. The maximum Gasteiger partial charge on any atom is 0.297 e. The number of furan rings is 1. The first-order valence-corrected chi connectivity index (χ1v) is 30.5. The van der Waals surface area contributed by atoms with E-state index in [1.807, 2.05) is 0 Å². The molecular formula is C77H84BN3O. The van der Waals surface area contributed by atoms with Gasteiger partial charge in [-0.1, -0.05) is 202 Å². The normalized spacial score (nSPS) is 17.4. The molecule has 4 aliphatic rings. The smallest absolute Gasteiger partial charge is 0.297 e. The topological polar surface area (TPSA) is 22.9 Å². The van der Waals surface area contributed by atoms with Gasteiger partial charge in [-0.2, -0.15) is 0 Å². The summed E-state index contributed by atoms with van der Waals surface area (Å²) in [6, 6.07) is 65.5. The molecule has 0 radical (unpaired) electrons. The molecule has 8 aromatic carbocycles. The Morgan fingerprint density at radius 1 is 0.415 bits per heavy atom. The number of nitrogens with zero attached hydrogens (tertiary/aromatic N) is 3. The highest BCUT2D eigenvalue weighted by molar-refractivity contribution is 7.00. The van der Waals surface area contributed by atoms with Crippen LogP contribution in [0, 0.1) is 0 Å². The van der Waals surface area contributed by atoms with Crippen molar-refractivity contribution in [3.05, 3.63) is 214 Å². The van der Waals surface area contributed by atoms with Crippen molar-refractivity contribution in [3.8, 4) is 0 Å². The van der Waals surface area contributed by atoms with Crippen molar-refractivity contribution in [2.75, 3.05) is 14.7 Å². The summed E-state index contributed by atoms with van der Waals surface area (Å²) < 4.78 is 7.89. The summed E-state index contributed by atoms with van der Waals surface area (Å²) in [5.41, 5.74) is 25.1. The Labute approximate surface area is 490 Å². The molecule has 0 N–H and O–H groups in total. The molecule has 2 aliphatic heterocycles. The third-order valence-corrected chi connectivity index (χ3v) is 20.1. The van der Waals surface area contributed by atoms with Gasteiger partial charge in [0.15, 0.2) is 0 Å². The van der Waals surface area contributed by atoms with Gasteiger partial charge in [0.25, 0.3) is 6.71 Å². The Bertz CT molecular complexity index is 3920. The summed E-state index contributed by atoms with van der Waals surface area (Å²) in [6.07, 6.45) is 4.53. The summed E-state index contributed by atoms with van der Waals surface area (Å²) in [5, 5.41) is 1.18. The van der Waals surface area contributed by atoms with E-state index in [1.54, 1.807) is 0 Å². The Hall–Kier alpha value is -7.24. The molecule has 0 spiro atoms. The molecule has 82 heavy (non-hydrogen) atoms. The quantitative estimate of drug-likeness (QED) is 0.148. The van der Waals surface area contributed by atoms with Crippen LogP contribution in [0.4, 0.5) is 51.2 Å². The van der Waals surface area contributed by atoms with Crippen molar-refractivity contribution in [2.45, 2.75) is 174 Å². The number of anilines is 9. The minimum atomic E-state index is -0.303. The van der Waals surface area contributed by atoms with Gasteiger partial charge in [0, 0.05) is 50.6 Å². The minimum absolute atomic E-state index is 0.00433. The lowest BCUT2D eigenvalue weighted by Crippen LogP contribution is -2.61. The van der Waals surface area contributed by atoms with E-state index >= 15 is 0 Å². The van der Waals surface area contributed by atoms with Gasteiger partial charge in [-0.05, 0) is 192 Å². The van der Waals surface area contributed by atoms with E-state index in [0.29, 0.717) is 0 Å². The Morgan fingerprint density at radius 3 is 1.46 bits per heavy atom. The van der Waals surface area contributed by atoms with Crippen molar-refractivity contribution in [2.24, 2.45) is 0 Å². The van der Waals surface area contributed by atoms with Crippen molar-refractivity contribution in [1.82, 2.24) is 0 Å². The summed E-state index contributed by atoms with van der Waals surface area (Å²) >= 11 is 0. The maximum atomic E-state index is 7.89. The van der Waals surface area contributed by atoms with E-state index < -0.39 is 0 Å². The van der Waals surface area contributed by atoms with Crippen LogP contribution >= 0.6 is 0 Å². The van der Waals surface area contributed by atoms with Gasteiger partial charge in [0.05, 0.1) is 17.0 Å². The second-order valence-corrected chi connectivity index (χ2v) is 30.0. The number of hydrogen-bond donors (Lipinski definition) is 0. The molecular weight excluding hydrogens is 994 g/mol. The van der Waals surface area contributed by atoms with E-state index in [9.17, 15) is 0 Å². The molecule has 13 rings (SSSR count). The lowest BCUT2D eigenvalue weighted by atomic mass is 9.35. The van der Waals surface area contributed by atoms with Crippen LogP contribution in [0.15, 0.2) is 174 Å². The van der Waals surface area contributed by atoms with E-state index in [4.69, 9.17) is 4.42 Å². The third kappa shape index (κ3) is 8.60. The SMILES string of the molecule is CC(C)(C)c1cc(N2c3ccc(C(C)(C)c4ccccc4)cc3B3c4oc5cc6c(cc5c4N(c4ccc5c(c4)C(C)(C)CCC5(C)C)c4cc(N(c5ccccc5)c5ccccc5)cc2c43)C(C)(C)CCC6(C)C)cc(C(C)(C)C)c1. The van der Waals surface area contributed by atoms with Gasteiger partial charge in [-0.3, -0.25) is 0 Å². The summed E-state index contributed by atoms with van der Waals surface area (Å²) in [4.78, 5) is 7.77. The van der Waals surface area contributed by atoms with Gasteiger partial charge in [0.1, 0.15) is 5.58 Å². The van der Waals surface area contributed by atoms with Crippen LogP contribution in [0.2, 0.25) is 0 Å². The third-order valence-electron chi connectivity index (χ3n) is 20.1. The van der Waals surface area contributed by atoms with Crippen LogP contribution in [-0.4, -0.2) is 6.71 Å². The lowest BCUT2D eigenvalue weighted by molar-refractivity contribution is 0.332. The first-order valence-electron chi connectivity index (χ1n) is 30.5. The molecule has 4 nitrogen and oxygen atoms in total. The van der Waals surface area contributed by atoms with Gasteiger partial charge in [-0.15, -0.1) is 0 Å². The highest BCUT2D eigenvalue weighted by atomic mass is 16.3. The molecule has 0 fully saturated rings. The van der Waals surface area contributed by atoms with E-state index in [0.717, 1.165) is 76.7 Å². The molecule has 0 amide bonds. The Balaban J connectivity index is 1.22. The second-order valence-electron chi connectivity index (χ2n) is 30.0. The second kappa shape index (κ2) is 18.4. The minimum Gasteiger partial charge on any atom is -0.468 e. The summed E-state index contributed by atoms with van der Waals surface area (Å²) in [7, 11) is 0. The fourth-order valence-corrected chi connectivity index (χ4v) is 14.5. The van der Waals surface area contributed by atoms with Gasteiger partial charge in [0.2, 0.25) is 0 Å². The molecule has 0 saturated carbocycles. The van der Waals surface area contributed by atoms with E-state index in [1.165, 1.54) is 72.2 Å². The number of rotatable bonds is 7.